The van der Waals surface area contributed by atoms with Gasteiger partial charge in [-0.1, -0.05) is 78.7 Å². The zero-order valence-electron chi connectivity index (χ0n) is 17.1. The first-order valence-electron chi connectivity index (χ1n) is 8.84. The van der Waals surface area contributed by atoms with E-state index in [1.54, 1.807) is 16.7 Å². The Bertz CT molecular complexity index is 400. The molecule has 0 heteroatoms. The highest BCUT2D eigenvalue weighted by Gasteiger charge is 2.16. The quantitative estimate of drug-likeness (QED) is 0.496. The van der Waals surface area contributed by atoms with E-state index in [1.807, 2.05) is 27.7 Å². The lowest BCUT2D eigenvalue weighted by Crippen LogP contribution is -2.06. The van der Waals surface area contributed by atoms with Crippen LogP contribution in [-0.2, 0) is 0 Å². The van der Waals surface area contributed by atoms with Gasteiger partial charge in [0.15, 0.2) is 0 Å². The Kier molecular flexibility index (Phi) is 12.2. The number of benzene rings is 1. The average molecular weight is 305 g/mol. The molecule has 0 fully saturated rings. The van der Waals surface area contributed by atoms with Crippen molar-refractivity contribution in [3.63, 3.8) is 0 Å². The third kappa shape index (κ3) is 8.41. The second-order valence-corrected chi connectivity index (χ2v) is 7.03. The first kappa shape index (κ1) is 23.2. The third-order valence-electron chi connectivity index (χ3n) is 3.21. The third-order valence-corrected chi connectivity index (χ3v) is 3.21. The minimum absolute atomic E-state index is 0.620. The molecule has 0 heterocycles. The molecule has 0 saturated heterocycles. The van der Waals surface area contributed by atoms with Gasteiger partial charge in [-0.25, -0.2) is 0 Å². The summed E-state index contributed by atoms with van der Waals surface area (Å²) in [5.74, 6) is 1.86. The molecule has 0 spiro atoms. The number of hydrogen-bond acceptors (Lipinski definition) is 0. The van der Waals surface area contributed by atoms with E-state index in [-0.39, 0.29) is 0 Å². The van der Waals surface area contributed by atoms with E-state index in [4.69, 9.17) is 0 Å². The highest BCUT2D eigenvalue weighted by atomic mass is 14.2. The van der Waals surface area contributed by atoms with Crippen LogP contribution in [0.1, 0.15) is 109 Å². The Morgan fingerprint density at radius 3 is 1.23 bits per heavy atom. The number of rotatable bonds is 3. The summed E-state index contributed by atoms with van der Waals surface area (Å²) < 4.78 is 0. The van der Waals surface area contributed by atoms with Crippen LogP contribution in [0.25, 0.3) is 0 Å². The molecule has 0 bridgehead atoms. The molecule has 0 N–H and O–H groups in total. The van der Waals surface area contributed by atoms with E-state index in [2.05, 4.69) is 67.2 Å². The first-order valence-corrected chi connectivity index (χ1v) is 8.84. The van der Waals surface area contributed by atoms with Crippen LogP contribution >= 0.6 is 0 Å². The molecule has 0 aromatic heterocycles. The maximum absolute atomic E-state index is 3.56. The van der Waals surface area contributed by atoms with Crippen LogP contribution in [0.15, 0.2) is 24.3 Å². The van der Waals surface area contributed by atoms with Crippen molar-refractivity contribution in [2.24, 2.45) is 0 Å². The van der Waals surface area contributed by atoms with Gasteiger partial charge in [0.1, 0.15) is 0 Å². The van der Waals surface area contributed by atoms with Crippen LogP contribution in [0.2, 0.25) is 0 Å². The predicted octanol–water partition coefficient (Wildman–Crippen LogP) is 7.97. The molecule has 0 atom stereocenters. The largest absolute Gasteiger partial charge is 0.100 e. The first-order chi connectivity index (χ1) is 10.1. The van der Waals surface area contributed by atoms with Gasteiger partial charge in [-0.05, 0) is 55.2 Å². The van der Waals surface area contributed by atoms with Crippen LogP contribution in [0.3, 0.4) is 0 Å². The molecule has 0 aliphatic rings. The van der Waals surface area contributed by atoms with E-state index >= 15 is 0 Å². The van der Waals surface area contributed by atoms with E-state index in [1.165, 1.54) is 11.1 Å². The Morgan fingerprint density at radius 1 is 0.773 bits per heavy atom. The summed E-state index contributed by atoms with van der Waals surface area (Å²) >= 11 is 0. The fourth-order valence-electron chi connectivity index (χ4n) is 2.48. The molecule has 128 valence electrons. The van der Waals surface area contributed by atoms with Crippen molar-refractivity contribution in [3.05, 3.63) is 46.5 Å². The van der Waals surface area contributed by atoms with Crippen molar-refractivity contribution in [3.8, 4) is 0 Å². The average Bonchev–Trinajstić information content (AvgIpc) is 2.38. The molecule has 1 aromatic rings. The van der Waals surface area contributed by atoms with Crippen molar-refractivity contribution in [1.29, 1.82) is 0 Å². The normalized spacial score (nSPS) is 10.1. The van der Waals surface area contributed by atoms with Gasteiger partial charge in [0.05, 0.1) is 0 Å². The maximum Gasteiger partial charge on any atom is -0.0213 e. The topological polar surface area (TPSA) is 0 Å². The summed E-state index contributed by atoms with van der Waals surface area (Å²) in [4.78, 5) is 0. The van der Waals surface area contributed by atoms with Crippen molar-refractivity contribution in [2.45, 2.75) is 93.9 Å². The lowest BCUT2D eigenvalue weighted by atomic mass is 9.82. The fourth-order valence-corrected chi connectivity index (χ4v) is 2.48. The van der Waals surface area contributed by atoms with Gasteiger partial charge in [0.25, 0.3) is 0 Å². The lowest BCUT2D eigenvalue weighted by molar-refractivity contribution is 0.746. The Hall–Kier alpha value is -1.04. The second kappa shape index (κ2) is 11.5. The van der Waals surface area contributed by atoms with Crippen molar-refractivity contribution in [1.82, 2.24) is 0 Å². The van der Waals surface area contributed by atoms with E-state index in [9.17, 15) is 0 Å². The highest BCUT2D eigenvalue weighted by molar-refractivity contribution is 5.44. The molecule has 22 heavy (non-hydrogen) atoms. The van der Waals surface area contributed by atoms with Gasteiger partial charge in [0, 0.05) is 0 Å². The molecule has 0 aliphatic carbocycles. The van der Waals surface area contributed by atoms with E-state index in [0.29, 0.717) is 17.8 Å². The monoisotopic (exact) mass is 304 g/mol. The molecule has 0 radical (unpaired) electrons. The van der Waals surface area contributed by atoms with Gasteiger partial charge in [-0.15, -0.1) is 6.58 Å². The molecule has 0 nitrogen and oxygen atoms in total. The van der Waals surface area contributed by atoms with Gasteiger partial charge in [0.2, 0.25) is 0 Å². The zero-order chi connectivity index (χ0) is 18.0. The minimum Gasteiger partial charge on any atom is -0.100 e. The smallest absolute Gasteiger partial charge is 0.0213 e. The fraction of sp³-hybridized carbons (Fsp3) is 0.636. The van der Waals surface area contributed by atoms with Gasteiger partial charge in [-0.2, -0.15) is 0 Å². The maximum atomic E-state index is 3.56. The summed E-state index contributed by atoms with van der Waals surface area (Å²) in [5, 5.41) is 0. The second-order valence-electron chi connectivity index (χ2n) is 7.03. The molecular formula is C22H40. The molecule has 0 saturated carbocycles. The van der Waals surface area contributed by atoms with Gasteiger partial charge in [-0.3, -0.25) is 0 Å². The summed E-state index contributed by atoms with van der Waals surface area (Å²) in [6.45, 7) is 27.5. The zero-order valence-corrected chi connectivity index (χ0v) is 17.1. The molecule has 0 aliphatic heterocycles. The Balaban J connectivity index is 0. The number of allylic oxidation sites excluding steroid dienone is 1. The van der Waals surface area contributed by atoms with E-state index in [0.717, 1.165) is 0 Å². The van der Waals surface area contributed by atoms with Crippen LogP contribution in [0, 0.1) is 6.92 Å². The lowest BCUT2D eigenvalue weighted by Gasteiger charge is -2.23. The summed E-state index contributed by atoms with van der Waals surface area (Å²) in [7, 11) is 0. The Morgan fingerprint density at radius 2 is 1.05 bits per heavy atom. The Labute approximate surface area is 141 Å². The molecule has 1 rings (SSSR count). The predicted molar refractivity (Wildman–Crippen MR) is 105 cm³/mol. The van der Waals surface area contributed by atoms with Gasteiger partial charge < -0.3 is 0 Å². The highest BCUT2D eigenvalue weighted by Crippen LogP contribution is 2.34. The molecule has 0 amide bonds. The van der Waals surface area contributed by atoms with E-state index < -0.39 is 0 Å². The van der Waals surface area contributed by atoms with Crippen molar-refractivity contribution < 1.29 is 0 Å². The minimum atomic E-state index is 0.620. The summed E-state index contributed by atoms with van der Waals surface area (Å²) in [6, 6.07) is 4.73. The van der Waals surface area contributed by atoms with Crippen LogP contribution in [0.4, 0.5) is 0 Å². The van der Waals surface area contributed by atoms with Gasteiger partial charge >= 0.3 is 0 Å². The molecule has 1 aromatic carbocycles. The number of hydrogen-bond donors (Lipinski definition) is 0. The standard InChI is InChI=1S/C16H26.C4H8.C2H6/c1-10(2)14-8-13(7)9-15(11(3)4)16(14)12(5)6;1-4(2)3;1-2/h8-12H,1-7H3;1H2,2-3H3;1-2H3. The molecular weight excluding hydrogens is 264 g/mol. The van der Waals surface area contributed by atoms with Crippen LogP contribution in [0.5, 0.6) is 0 Å². The van der Waals surface area contributed by atoms with Crippen LogP contribution in [-0.4, -0.2) is 0 Å². The molecule has 0 unspecified atom stereocenters. The number of aryl methyl sites for hydroxylation is 1. The van der Waals surface area contributed by atoms with Crippen molar-refractivity contribution >= 4 is 0 Å². The summed E-state index contributed by atoms with van der Waals surface area (Å²) in [6.07, 6.45) is 0. The van der Waals surface area contributed by atoms with Crippen molar-refractivity contribution in [2.75, 3.05) is 0 Å². The SMILES string of the molecule is C=C(C)C.CC.Cc1cc(C(C)C)c(C(C)C)c(C(C)C)c1. The van der Waals surface area contributed by atoms with Crippen LogP contribution < -0.4 is 0 Å². The summed E-state index contributed by atoms with van der Waals surface area (Å²) in [5.41, 5.74) is 7.23.